The normalized spacial score (nSPS) is 25.6. The van der Waals surface area contributed by atoms with Crippen LogP contribution in [0.2, 0.25) is 0 Å². The number of aliphatic carboxylic acids is 1. The van der Waals surface area contributed by atoms with Gasteiger partial charge in [0.1, 0.15) is 0 Å². The smallest absolute Gasteiger partial charge is 0.307 e. The number of hydrogen-bond donors (Lipinski definition) is 1. The van der Waals surface area contributed by atoms with Gasteiger partial charge < -0.3 is 5.11 Å². The van der Waals surface area contributed by atoms with E-state index in [2.05, 4.69) is 0 Å². The molecule has 1 aliphatic carbocycles. The molecule has 2 heteroatoms. The minimum atomic E-state index is -0.662. The quantitative estimate of drug-likeness (QED) is 0.749. The van der Waals surface area contributed by atoms with Crippen LogP contribution in [-0.2, 0) is 4.79 Å². The summed E-state index contributed by atoms with van der Waals surface area (Å²) in [4.78, 5) is 10.6. The Morgan fingerprint density at radius 1 is 1.38 bits per heavy atom. The number of carboxylic acids is 1. The molecule has 2 rings (SSSR count). The lowest BCUT2D eigenvalue weighted by atomic mass is 10.1. The maximum atomic E-state index is 10.6. The predicted molar refractivity (Wildman–Crippen MR) is 49.7 cm³/mol. The lowest BCUT2D eigenvalue weighted by Gasteiger charge is -1.98. The van der Waals surface area contributed by atoms with Gasteiger partial charge in [-0.25, -0.2) is 0 Å². The van der Waals surface area contributed by atoms with Gasteiger partial charge in [0.25, 0.3) is 0 Å². The number of aryl methyl sites for hydroxylation is 1. The van der Waals surface area contributed by atoms with E-state index in [0.29, 0.717) is 0 Å². The van der Waals surface area contributed by atoms with Crippen LogP contribution in [-0.4, -0.2) is 11.1 Å². The second-order valence-electron chi connectivity index (χ2n) is 3.70. The molecular weight excluding hydrogens is 164 g/mol. The van der Waals surface area contributed by atoms with Gasteiger partial charge in [0.2, 0.25) is 0 Å². The second kappa shape index (κ2) is 2.87. The molecule has 1 N–H and O–H groups in total. The fourth-order valence-corrected chi connectivity index (χ4v) is 1.65. The summed E-state index contributed by atoms with van der Waals surface area (Å²) in [5.41, 5.74) is 2.38. The lowest BCUT2D eigenvalue weighted by Crippen LogP contribution is -1.98. The third-order valence-corrected chi connectivity index (χ3v) is 2.61. The van der Waals surface area contributed by atoms with Crippen LogP contribution in [0.25, 0.3) is 0 Å². The van der Waals surface area contributed by atoms with Crippen molar-refractivity contribution in [2.45, 2.75) is 19.3 Å². The van der Waals surface area contributed by atoms with E-state index < -0.39 is 5.97 Å². The van der Waals surface area contributed by atoms with Gasteiger partial charge in [0, 0.05) is 0 Å². The first-order chi connectivity index (χ1) is 6.18. The highest BCUT2D eigenvalue weighted by atomic mass is 16.4. The summed E-state index contributed by atoms with van der Waals surface area (Å²) < 4.78 is 0. The summed E-state index contributed by atoms with van der Waals surface area (Å²) in [6.07, 6.45) is 0.804. The minimum absolute atomic E-state index is 0.136. The summed E-state index contributed by atoms with van der Waals surface area (Å²) in [5, 5.41) is 8.74. The van der Waals surface area contributed by atoms with Crippen molar-refractivity contribution < 1.29 is 9.90 Å². The molecule has 0 spiro atoms. The molecule has 2 atom stereocenters. The van der Waals surface area contributed by atoms with Gasteiger partial charge in [-0.2, -0.15) is 0 Å². The van der Waals surface area contributed by atoms with E-state index >= 15 is 0 Å². The summed E-state index contributed by atoms with van der Waals surface area (Å²) in [6, 6.07) is 8.13. The summed E-state index contributed by atoms with van der Waals surface area (Å²) in [6.45, 7) is 2.03. The highest BCUT2D eigenvalue weighted by Crippen LogP contribution is 2.47. The maximum Gasteiger partial charge on any atom is 0.307 e. The second-order valence-corrected chi connectivity index (χ2v) is 3.70. The number of hydrogen-bond acceptors (Lipinski definition) is 1. The summed E-state index contributed by atoms with van der Waals surface area (Å²) in [7, 11) is 0. The number of carbonyl (C=O) groups is 1. The summed E-state index contributed by atoms with van der Waals surface area (Å²) in [5.74, 6) is -0.536. The SMILES string of the molecule is Cc1ccc([C@@H]2C[C@@H]2C(=O)O)cc1. The predicted octanol–water partition coefficient (Wildman–Crippen LogP) is 2.18. The van der Waals surface area contributed by atoms with E-state index in [0.717, 1.165) is 12.0 Å². The fraction of sp³-hybridized carbons (Fsp3) is 0.364. The fourth-order valence-electron chi connectivity index (χ4n) is 1.65. The van der Waals surface area contributed by atoms with Crippen LogP contribution < -0.4 is 0 Å². The van der Waals surface area contributed by atoms with E-state index in [1.807, 2.05) is 31.2 Å². The Bertz CT molecular complexity index is 326. The van der Waals surface area contributed by atoms with Crippen molar-refractivity contribution in [2.75, 3.05) is 0 Å². The first kappa shape index (κ1) is 8.30. The Morgan fingerprint density at radius 2 is 2.00 bits per heavy atom. The van der Waals surface area contributed by atoms with E-state index in [-0.39, 0.29) is 11.8 Å². The van der Waals surface area contributed by atoms with Gasteiger partial charge >= 0.3 is 5.97 Å². The van der Waals surface area contributed by atoms with Crippen LogP contribution in [0, 0.1) is 12.8 Å². The monoisotopic (exact) mass is 176 g/mol. The molecule has 0 amide bonds. The van der Waals surface area contributed by atoms with Crippen molar-refractivity contribution in [1.29, 1.82) is 0 Å². The largest absolute Gasteiger partial charge is 0.481 e. The number of benzene rings is 1. The van der Waals surface area contributed by atoms with Gasteiger partial charge in [-0.1, -0.05) is 29.8 Å². The molecule has 0 radical (unpaired) electrons. The van der Waals surface area contributed by atoms with Crippen molar-refractivity contribution >= 4 is 5.97 Å². The Labute approximate surface area is 77.2 Å². The zero-order chi connectivity index (χ0) is 9.42. The topological polar surface area (TPSA) is 37.3 Å². The first-order valence-corrected chi connectivity index (χ1v) is 4.48. The van der Waals surface area contributed by atoms with E-state index in [1.165, 1.54) is 5.56 Å². The Hall–Kier alpha value is -1.31. The van der Waals surface area contributed by atoms with E-state index in [1.54, 1.807) is 0 Å². The molecule has 1 fully saturated rings. The molecule has 0 unspecified atom stereocenters. The Morgan fingerprint density at radius 3 is 2.46 bits per heavy atom. The Kier molecular flexibility index (Phi) is 1.83. The molecule has 0 aromatic heterocycles. The highest BCUT2D eigenvalue weighted by molar-refractivity contribution is 5.75. The number of rotatable bonds is 2. The van der Waals surface area contributed by atoms with Crippen molar-refractivity contribution in [2.24, 2.45) is 5.92 Å². The zero-order valence-electron chi connectivity index (χ0n) is 7.53. The molecule has 0 heterocycles. The standard InChI is InChI=1S/C11H12O2/c1-7-2-4-8(5-3-7)9-6-10(9)11(12)13/h2-5,9-10H,6H2,1H3,(H,12,13)/t9-,10-/m0/s1. The molecule has 0 saturated heterocycles. The van der Waals surface area contributed by atoms with Crippen molar-refractivity contribution in [3.8, 4) is 0 Å². The van der Waals surface area contributed by atoms with Crippen molar-refractivity contribution in [3.05, 3.63) is 35.4 Å². The molecular formula is C11H12O2. The van der Waals surface area contributed by atoms with Crippen LogP contribution in [0.15, 0.2) is 24.3 Å². The first-order valence-electron chi connectivity index (χ1n) is 4.48. The van der Waals surface area contributed by atoms with E-state index in [9.17, 15) is 4.79 Å². The average Bonchev–Trinajstić information content (AvgIpc) is 2.85. The molecule has 1 saturated carbocycles. The van der Waals surface area contributed by atoms with Crippen molar-refractivity contribution in [1.82, 2.24) is 0 Å². The molecule has 2 nitrogen and oxygen atoms in total. The molecule has 1 aromatic carbocycles. The molecule has 1 aromatic rings. The molecule has 0 aliphatic heterocycles. The van der Waals surface area contributed by atoms with Gasteiger partial charge in [-0.15, -0.1) is 0 Å². The maximum absolute atomic E-state index is 10.6. The zero-order valence-corrected chi connectivity index (χ0v) is 7.53. The number of carboxylic acid groups (broad SMARTS) is 1. The van der Waals surface area contributed by atoms with Crippen LogP contribution in [0.3, 0.4) is 0 Å². The highest BCUT2D eigenvalue weighted by Gasteiger charge is 2.43. The Balaban J connectivity index is 2.12. The van der Waals surface area contributed by atoms with E-state index in [4.69, 9.17) is 5.11 Å². The molecule has 0 bridgehead atoms. The summed E-state index contributed by atoms with van der Waals surface area (Å²) >= 11 is 0. The lowest BCUT2D eigenvalue weighted by molar-refractivity contribution is -0.138. The molecule has 68 valence electrons. The average molecular weight is 176 g/mol. The molecule has 13 heavy (non-hydrogen) atoms. The van der Waals surface area contributed by atoms with Gasteiger partial charge in [0.05, 0.1) is 5.92 Å². The van der Waals surface area contributed by atoms with Crippen LogP contribution in [0.4, 0.5) is 0 Å². The molecule has 1 aliphatic rings. The van der Waals surface area contributed by atoms with Crippen LogP contribution in [0.5, 0.6) is 0 Å². The third-order valence-electron chi connectivity index (χ3n) is 2.61. The van der Waals surface area contributed by atoms with Gasteiger partial charge in [0.15, 0.2) is 0 Å². The third kappa shape index (κ3) is 1.57. The van der Waals surface area contributed by atoms with Crippen molar-refractivity contribution in [3.63, 3.8) is 0 Å². The van der Waals surface area contributed by atoms with Gasteiger partial charge in [-0.05, 0) is 24.8 Å². The minimum Gasteiger partial charge on any atom is -0.481 e. The van der Waals surface area contributed by atoms with Crippen LogP contribution >= 0.6 is 0 Å². The van der Waals surface area contributed by atoms with Crippen LogP contribution in [0.1, 0.15) is 23.5 Å². The van der Waals surface area contributed by atoms with Gasteiger partial charge in [-0.3, -0.25) is 4.79 Å².